The minimum Gasteiger partial charge on any atom is -0.378 e. The highest BCUT2D eigenvalue weighted by molar-refractivity contribution is 5.94. The lowest BCUT2D eigenvalue weighted by atomic mass is 10.0. The molecule has 0 aromatic heterocycles. The lowest BCUT2D eigenvalue weighted by Gasteiger charge is -2.29. The lowest BCUT2D eigenvalue weighted by Crippen LogP contribution is -2.36. The van der Waals surface area contributed by atoms with Crippen molar-refractivity contribution in [2.24, 2.45) is 0 Å². The van der Waals surface area contributed by atoms with Crippen LogP contribution >= 0.6 is 0 Å². The molecular weight excluding hydrogens is 374 g/mol. The number of nitrogens with one attached hydrogen (secondary N) is 1. The van der Waals surface area contributed by atoms with Crippen molar-refractivity contribution >= 4 is 17.4 Å². The molecule has 5 heteroatoms. The molecule has 1 fully saturated rings. The molecule has 3 aromatic carbocycles. The van der Waals surface area contributed by atoms with Crippen LogP contribution in [0.4, 0.5) is 16.2 Å². The molecule has 2 amide bonds. The number of ether oxygens (including phenoxy) is 1. The molecule has 154 valence electrons. The Morgan fingerprint density at radius 3 is 2.33 bits per heavy atom. The van der Waals surface area contributed by atoms with Crippen LogP contribution in [0.15, 0.2) is 78.9 Å². The fourth-order valence-corrected chi connectivity index (χ4v) is 3.65. The van der Waals surface area contributed by atoms with Crippen LogP contribution in [0.2, 0.25) is 0 Å². The second-order valence-corrected chi connectivity index (χ2v) is 7.46. The molecule has 1 saturated heterocycles. The first-order chi connectivity index (χ1) is 14.7. The highest BCUT2D eigenvalue weighted by Gasteiger charge is 2.14. The smallest absolute Gasteiger partial charge is 0.321 e. The largest absolute Gasteiger partial charge is 0.378 e. The molecule has 0 atom stereocenters. The van der Waals surface area contributed by atoms with Gasteiger partial charge < -0.3 is 19.9 Å². The van der Waals surface area contributed by atoms with Crippen LogP contribution < -0.4 is 10.2 Å². The minimum absolute atomic E-state index is 0.129. The second kappa shape index (κ2) is 9.46. The van der Waals surface area contributed by atoms with Crippen molar-refractivity contribution < 1.29 is 9.53 Å². The number of anilines is 2. The van der Waals surface area contributed by atoms with Crippen molar-refractivity contribution in [3.8, 4) is 11.1 Å². The predicted molar refractivity (Wildman–Crippen MR) is 122 cm³/mol. The number of morpholine rings is 1. The second-order valence-electron chi connectivity index (χ2n) is 7.46. The first-order valence-corrected chi connectivity index (χ1v) is 10.3. The van der Waals surface area contributed by atoms with Gasteiger partial charge in [0.25, 0.3) is 0 Å². The summed E-state index contributed by atoms with van der Waals surface area (Å²) in [6, 6.07) is 26.3. The fourth-order valence-electron chi connectivity index (χ4n) is 3.65. The molecule has 0 bridgehead atoms. The highest BCUT2D eigenvalue weighted by Crippen LogP contribution is 2.27. The topological polar surface area (TPSA) is 44.8 Å². The molecule has 3 aromatic rings. The number of carbonyl (C=O) groups excluding carboxylic acids is 1. The van der Waals surface area contributed by atoms with Gasteiger partial charge in [-0.1, -0.05) is 60.7 Å². The third-order valence-corrected chi connectivity index (χ3v) is 5.33. The Morgan fingerprint density at radius 1 is 0.933 bits per heavy atom. The summed E-state index contributed by atoms with van der Waals surface area (Å²) in [4.78, 5) is 16.8. The summed E-state index contributed by atoms with van der Waals surface area (Å²) < 4.78 is 5.42. The van der Waals surface area contributed by atoms with E-state index in [4.69, 9.17) is 4.74 Å². The normalized spacial score (nSPS) is 13.7. The Kier molecular flexibility index (Phi) is 6.30. The number of rotatable bonds is 5. The molecule has 0 radical (unpaired) electrons. The monoisotopic (exact) mass is 401 g/mol. The van der Waals surface area contributed by atoms with Crippen molar-refractivity contribution in [2.45, 2.75) is 6.54 Å². The van der Waals surface area contributed by atoms with Crippen LogP contribution in [-0.4, -0.2) is 44.3 Å². The number of para-hydroxylation sites is 1. The van der Waals surface area contributed by atoms with Gasteiger partial charge in [-0.15, -0.1) is 0 Å². The molecule has 1 heterocycles. The summed E-state index contributed by atoms with van der Waals surface area (Å²) in [7, 11) is 1.82. The van der Waals surface area contributed by atoms with E-state index in [9.17, 15) is 4.79 Å². The van der Waals surface area contributed by atoms with Crippen molar-refractivity contribution in [1.82, 2.24) is 4.90 Å². The van der Waals surface area contributed by atoms with Crippen molar-refractivity contribution in [2.75, 3.05) is 43.6 Å². The number of urea groups is 1. The summed E-state index contributed by atoms with van der Waals surface area (Å²) in [6.45, 7) is 3.93. The van der Waals surface area contributed by atoms with Gasteiger partial charge in [-0.3, -0.25) is 0 Å². The van der Waals surface area contributed by atoms with Crippen molar-refractivity contribution in [3.05, 3.63) is 84.4 Å². The molecular formula is C25H27N3O2. The third-order valence-electron chi connectivity index (χ3n) is 5.33. The first-order valence-electron chi connectivity index (χ1n) is 10.3. The molecule has 0 aliphatic carbocycles. The van der Waals surface area contributed by atoms with Crippen LogP contribution in [0, 0.1) is 0 Å². The maximum Gasteiger partial charge on any atom is 0.321 e. The number of amides is 2. The summed E-state index contributed by atoms with van der Waals surface area (Å²) >= 11 is 0. The zero-order chi connectivity index (χ0) is 20.8. The fraction of sp³-hybridized carbons (Fsp3) is 0.240. The molecule has 0 spiro atoms. The summed E-state index contributed by atoms with van der Waals surface area (Å²) in [5.41, 5.74) is 5.19. The average Bonchev–Trinajstić information content (AvgIpc) is 2.81. The predicted octanol–water partition coefficient (Wildman–Crippen LogP) is 4.85. The minimum atomic E-state index is -0.129. The highest BCUT2D eigenvalue weighted by atomic mass is 16.5. The van der Waals surface area contributed by atoms with Gasteiger partial charge >= 0.3 is 6.03 Å². The molecule has 5 nitrogen and oxygen atoms in total. The van der Waals surface area contributed by atoms with E-state index in [1.807, 2.05) is 61.6 Å². The van der Waals surface area contributed by atoms with E-state index >= 15 is 0 Å². The van der Waals surface area contributed by atoms with Gasteiger partial charge in [0, 0.05) is 37.9 Å². The van der Waals surface area contributed by atoms with Gasteiger partial charge in [0.15, 0.2) is 0 Å². The zero-order valence-corrected chi connectivity index (χ0v) is 17.3. The van der Waals surface area contributed by atoms with Crippen LogP contribution in [0.25, 0.3) is 11.1 Å². The molecule has 1 N–H and O–H groups in total. The van der Waals surface area contributed by atoms with E-state index in [2.05, 4.69) is 34.5 Å². The number of hydrogen-bond donors (Lipinski definition) is 1. The molecule has 0 unspecified atom stereocenters. The van der Waals surface area contributed by atoms with Crippen molar-refractivity contribution in [3.63, 3.8) is 0 Å². The van der Waals surface area contributed by atoms with E-state index in [-0.39, 0.29) is 6.03 Å². The van der Waals surface area contributed by atoms with Gasteiger partial charge in [0.05, 0.1) is 18.9 Å². The van der Waals surface area contributed by atoms with Crippen LogP contribution in [0.1, 0.15) is 5.56 Å². The number of nitrogens with zero attached hydrogens (tertiary/aromatic N) is 2. The standard InChI is InChI=1S/C25H27N3O2/c1-27(19-20-11-13-22(14-12-20)28-15-17-30-18-16-28)25(29)26-24-10-6-5-9-23(24)21-7-3-2-4-8-21/h2-14H,15-19H2,1H3,(H,26,29). The number of carbonyl (C=O) groups is 1. The summed E-state index contributed by atoms with van der Waals surface area (Å²) in [5.74, 6) is 0. The molecule has 0 saturated carbocycles. The third kappa shape index (κ3) is 4.81. The van der Waals surface area contributed by atoms with E-state index in [1.165, 1.54) is 5.69 Å². The Hall–Kier alpha value is -3.31. The molecule has 1 aliphatic heterocycles. The van der Waals surface area contributed by atoms with E-state index in [0.717, 1.165) is 48.7 Å². The molecule has 30 heavy (non-hydrogen) atoms. The number of hydrogen-bond acceptors (Lipinski definition) is 3. The van der Waals surface area contributed by atoms with Gasteiger partial charge in [-0.2, -0.15) is 0 Å². The number of benzene rings is 3. The zero-order valence-electron chi connectivity index (χ0n) is 17.3. The van der Waals surface area contributed by atoms with Gasteiger partial charge in [0.1, 0.15) is 0 Å². The average molecular weight is 402 g/mol. The van der Waals surface area contributed by atoms with Gasteiger partial charge in [-0.25, -0.2) is 4.79 Å². The summed E-state index contributed by atoms with van der Waals surface area (Å²) in [6.07, 6.45) is 0. The van der Waals surface area contributed by atoms with Crippen molar-refractivity contribution in [1.29, 1.82) is 0 Å². The molecule has 4 rings (SSSR count). The lowest BCUT2D eigenvalue weighted by molar-refractivity contribution is 0.122. The van der Waals surface area contributed by atoms with E-state index < -0.39 is 0 Å². The Bertz CT molecular complexity index is 967. The SMILES string of the molecule is CN(Cc1ccc(N2CCOCC2)cc1)C(=O)Nc1ccccc1-c1ccccc1. The Balaban J connectivity index is 1.40. The van der Waals surface area contributed by atoms with Gasteiger partial charge in [-0.05, 0) is 29.3 Å². The van der Waals surface area contributed by atoms with Gasteiger partial charge in [0.2, 0.25) is 0 Å². The maximum absolute atomic E-state index is 12.8. The quantitative estimate of drug-likeness (QED) is 0.664. The van der Waals surface area contributed by atoms with E-state index in [0.29, 0.717) is 6.54 Å². The maximum atomic E-state index is 12.8. The Labute approximate surface area is 177 Å². The summed E-state index contributed by atoms with van der Waals surface area (Å²) in [5, 5.41) is 3.06. The van der Waals surface area contributed by atoms with E-state index in [1.54, 1.807) is 4.90 Å². The van der Waals surface area contributed by atoms with Crippen LogP contribution in [-0.2, 0) is 11.3 Å². The van der Waals surface area contributed by atoms with Crippen LogP contribution in [0.5, 0.6) is 0 Å². The van der Waals surface area contributed by atoms with Crippen LogP contribution in [0.3, 0.4) is 0 Å². The Morgan fingerprint density at radius 2 is 1.60 bits per heavy atom. The first kappa shape index (κ1) is 20.0. The molecule has 1 aliphatic rings.